The molecule has 2 fully saturated rings. The zero-order valence-corrected chi connectivity index (χ0v) is 21.2. The first-order valence-corrected chi connectivity index (χ1v) is 13.0. The molecular weight excluding hydrogens is 453 g/mol. The Bertz CT molecular complexity index is 1270. The van der Waals surface area contributed by atoms with E-state index < -0.39 is 13.0 Å². The summed E-state index contributed by atoms with van der Waals surface area (Å²) in [5, 5.41) is 22.7. The molecule has 0 saturated carbocycles. The van der Waals surface area contributed by atoms with Gasteiger partial charge in [0.05, 0.1) is 17.9 Å². The number of nitrogens with zero attached hydrogens (tertiary/aromatic N) is 1. The van der Waals surface area contributed by atoms with Gasteiger partial charge in [-0.3, -0.25) is 14.5 Å². The van der Waals surface area contributed by atoms with Gasteiger partial charge in [-0.25, -0.2) is 0 Å². The van der Waals surface area contributed by atoms with Crippen LogP contribution in [0.3, 0.4) is 0 Å². The van der Waals surface area contributed by atoms with E-state index in [0.717, 1.165) is 46.7 Å². The lowest BCUT2D eigenvalue weighted by Gasteiger charge is -2.42. The lowest BCUT2D eigenvalue weighted by atomic mass is 9.58. The molecule has 2 aromatic rings. The molecule has 7 heteroatoms. The molecule has 2 aliphatic heterocycles. The van der Waals surface area contributed by atoms with Crippen LogP contribution in [0.25, 0.3) is 16.8 Å². The van der Waals surface area contributed by atoms with Crippen LogP contribution in [0.4, 0.5) is 0 Å². The Balaban J connectivity index is 1.42. The van der Waals surface area contributed by atoms with Crippen LogP contribution in [-0.2, 0) is 14.2 Å². The third-order valence-corrected chi connectivity index (χ3v) is 8.27. The van der Waals surface area contributed by atoms with Crippen molar-refractivity contribution in [3.05, 3.63) is 58.7 Å². The lowest BCUT2D eigenvalue weighted by Crippen LogP contribution is -2.45. The topological polar surface area (TPSA) is 87.1 Å². The second-order valence-electron chi connectivity index (χ2n) is 10.5. The predicted molar refractivity (Wildman–Crippen MR) is 141 cm³/mol. The summed E-state index contributed by atoms with van der Waals surface area (Å²) in [6.07, 6.45) is 6.33. The molecule has 2 aromatic carbocycles. The van der Waals surface area contributed by atoms with E-state index in [2.05, 4.69) is 13.0 Å². The first-order valence-electron chi connectivity index (χ1n) is 13.0. The number of carbonyl (C=O) groups excluding carboxylic acids is 2. The van der Waals surface area contributed by atoms with Crippen LogP contribution in [0, 0.1) is 17.8 Å². The van der Waals surface area contributed by atoms with Crippen molar-refractivity contribution in [2.45, 2.75) is 58.4 Å². The highest BCUT2D eigenvalue weighted by Crippen LogP contribution is 2.50. The zero-order chi connectivity index (χ0) is 25.6. The number of phenols is 1. The van der Waals surface area contributed by atoms with Crippen LogP contribution < -0.4 is 0 Å². The molecule has 2 N–H and O–H groups in total. The standard InChI is InChI=1S/C29H34BNO5/c1-4-7-18(15-19-11-12-24(32)21-9-6-5-8-20(19)21)10-13-25-26-17(2)14-22-27(23(26)16-30(35)36-25)29(34)31(3)28(22)33/h5-6,8-9,11-12,15,22-23,25,27,32,35H,4,7,10,13-14,16H2,1-3H3/b18-15+/t22-,23+,25-,27-/m1/s1. The Morgan fingerprint density at radius 3 is 2.61 bits per heavy atom. The van der Waals surface area contributed by atoms with Crippen LogP contribution in [0.5, 0.6) is 5.75 Å². The minimum absolute atomic E-state index is 0.102. The molecule has 0 spiro atoms. The van der Waals surface area contributed by atoms with E-state index in [-0.39, 0.29) is 35.5 Å². The number of carbonyl (C=O) groups is 2. The third kappa shape index (κ3) is 4.29. The predicted octanol–water partition coefficient (Wildman–Crippen LogP) is 4.96. The molecule has 1 aliphatic carbocycles. The van der Waals surface area contributed by atoms with Crippen molar-refractivity contribution >= 4 is 35.8 Å². The summed E-state index contributed by atoms with van der Waals surface area (Å²) < 4.78 is 6.06. The number of amides is 2. The molecule has 0 aromatic heterocycles. The van der Waals surface area contributed by atoms with Gasteiger partial charge in [0, 0.05) is 12.4 Å². The number of hydrogen-bond donors (Lipinski definition) is 2. The van der Waals surface area contributed by atoms with Crippen LogP contribution in [0.1, 0.15) is 51.5 Å². The Morgan fingerprint density at radius 1 is 1.11 bits per heavy atom. The zero-order valence-electron chi connectivity index (χ0n) is 21.2. The van der Waals surface area contributed by atoms with Crippen molar-refractivity contribution in [2.75, 3.05) is 7.05 Å². The maximum atomic E-state index is 12.9. The molecule has 36 heavy (non-hydrogen) atoms. The number of rotatable bonds is 6. The van der Waals surface area contributed by atoms with Gasteiger partial charge >= 0.3 is 7.12 Å². The SMILES string of the molecule is CCC/C(=C\c1ccc(O)c2ccccc12)CC[C@H]1OB(O)C[C@H]2C1=C(C)C[C@H]1C(=O)N(C)C(=O)[C@H]12. The molecule has 0 radical (unpaired) electrons. The Labute approximate surface area is 212 Å². The number of likely N-dealkylation sites (tertiary alicyclic amines) is 1. The van der Waals surface area contributed by atoms with Gasteiger partial charge < -0.3 is 14.8 Å². The molecule has 5 rings (SSSR count). The van der Waals surface area contributed by atoms with Crippen LogP contribution >= 0.6 is 0 Å². The fraction of sp³-hybridized carbons (Fsp3) is 0.448. The van der Waals surface area contributed by atoms with Crippen LogP contribution in [-0.4, -0.2) is 47.1 Å². The summed E-state index contributed by atoms with van der Waals surface area (Å²) in [6, 6.07) is 11.6. The van der Waals surface area contributed by atoms with Crippen molar-refractivity contribution in [3.8, 4) is 5.75 Å². The van der Waals surface area contributed by atoms with Gasteiger partial charge in [0.15, 0.2) is 0 Å². The van der Waals surface area contributed by atoms with Gasteiger partial charge in [-0.2, -0.15) is 0 Å². The first-order chi connectivity index (χ1) is 17.3. The highest BCUT2D eigenvalue weighted by molar-refractivity contribution is 6.43. The summed E-state index contributed by atoms with van der Waals surface area (Å²) in [5.41, 5.74) is 4.60. The summed E-state index contributed by atoms with van der Waals surface area (Å²) >= 11 is 0. The van der Waals surface area contributed by atoms with Crippen molar-refractivity contribution in [3.63, 3.8) is 0 Å². The molecule has 188 valence electrons. The second kappa shape index (κ2) is 9.87. The van der Waals surface area contributed by atoms with E-state index in [1.54, 1.807) is 13.1 Å². The van der Waals surface area contributed by atoms with Gasteiger partial charge in [0.25, 0.3) is 0 Å². The van der Waals surface area contributed by atoms with E-state index >= 15 is 0 Å². The normalized spacial score (nSPS) is 26.6. The Kier molecular flexibility index (Phi) is 6.79. The highest BCUT2D eigenvalue weighted by atomic mass is 16.5. The summed E-state index contributed by atoms with van der Waals surface area (Å²) in [6.45, 7) is 4.21. The monoisotopic (exact) mass is 487 g/mol. The van der Waals surface area contributed by atoms with Gasteiger partial charge in [0.1, 0.15) is 5.75 Å². The van der Waals surface area contributed by atoms with E-state index in [1.165, 1.54) is 10.5 Å². The number of imide groups is 1. The van der Waals surface area contributed by atoms with Crippen molar-refractivity contribution in [2.24, 2.45) is 17.8 Å². The third-order valence-electron chi connectivity index (χ3n) is 8.27. The number of aromatic hydroxyl groups is 1. The van der Waals surface area contributed by atoms with Gasteiger partial charge in [-0.1, -0.05) is 60.9 Å². The molecule has 6 nitrogen and oxygen atoms in total. The minimum atomic E-state index is -0.941. The summed E-state index contributed by atoms with van der Waals surface area (Å²) in [5.74, 6) is -0.816. The summed E-state index contributed by atoms with van der Waals surface area (Å²) in [7, 11) is 0.629. The smallest absolute Gasteiger partial charge is 0.455 e. The van der Waals surface area contributed by atoms with E-state index in [9.17, 15) is 19.7 Å². The Hall–Kier alpha value is -2.90. The van der Waals surface area contributed by atoms with Gasteiger partial charge in [0.2, 0.25) is 11.8 Å². The summed E-state index contributed by atoms with van der Waals surface area (Å²) in [4.78, 5) is 26.9. The average Bonchev–Trinajstić information content (AvgIpc) is 3.07. The van der Waals surface area contributed by atoms with Gasteiger partial charge in [-0.15, -0.1) is 0 Å². The maximum absolute atomic E-state index is 12.9. The number of fused-ring (bicyclic) bond motifs is 4. The van der Waals surface area contributed by atoms with E-state index in [1.807, 2.05) is 37.3 Å². The molecule has 2 saturated heterocycles. The lowest BCUT2D eigenvalue weighted by molar-refractivity contribution is -0.138. The number of phenolic OH excluding ortho intramolecular Hbond substituents is 1. The van der Waals surface area contributed by atoms with Crippen molar-refractivity contribution in [1.29, 1.82) is 0 Å². The quantitative estimate of drug-likeness (QED) is 0.342. The molecule has 0 unspecified atom stereocenters. The fourth-order valence-electron chi connectivity index (χ4n) is 6.64. The number of benzene rings is 2. The highest BCUT2D eigenvalue weighted by Gasteiger charge is 2.55. The number of hydrogen-bond acceptors (Lipinski definition) is 5. The van der Waals surface area contributed by atoms with E-state index in [4.69, 9.17) is 4.65 Å². The minimum Gasteiger partial charge on any atom is -0.507 e. The number of allylic oxidation sites excluding steroid dienone is 2. The molecular formula is C29H34BNO5. The second-order valence-corrected chi connectivity index (χ2v) is 10.5. The maximum Gasteiger partial charge on any atom is 0.455 e. The molecule has 3 aliphatic rings. The Morgan fingerprint density at radius 2 is 1.86 bits per heavy atom. The van der Waals surface area contributed by atoms with Crippen LogP contribution in [0.2, 0.25) is 6.32 Å². The molecule has 0 bridgehead atoms. The average molecular weight is 487 g/mol. The molecule has 4 atom stereocenters. The van der Waals surface area contributed by atoms with Crippen molar-refractivity contribution < 1.29 is 24.4 Å². The first kappa shape index (κ1) is 24.8. The van der Waals surface area contributed by atoms with E-state index in [0.29, 0.717) is 19.2 Å². The van der Waals surface area contributed by atoms with Gasteiger partial charge in [-0.05, 0) is 67.4 Å². The largest absolute Gasteiger partial charge is 0.507 e. The van der Waals surface area contributed by atoms with Crippen molar-refractivity contribution in [1.82, 2.24) is 4.90 Å². The fourth-order valence-corrected chi connectivity index (χ4v) is 6.64. The van der Waals surface area contributed by atoms with Crippen LogP contribution in [0.15, 0.2) is 53.1 Å². The molecule has 2 heterocycles. The molecule has 2 amide bonds.